The van der Waals surface area contributed by atoms with E-state index in [1.807, 2.05) is 13.8 Å². The highest BCUT2D eigenvalue weighted by Crippen LogP contribution is 2.20. The Hall–Kier alpha value is -1.06. The second kappa shape index (κ2) is 3.26. The van der Waals surface area contributed by atoms with E-state index in [9.17, 15) is 9.90 Å². The van der Waals surface area contributed by atoms with E-state index in [1.165, 1.54) is 0 Å². The number of amides is 1. The predicted molar refractivity (Wildman–Crippen MR) is 52.0 cm³/mol. The maximum Gasteiger partial charge on any atom is 0.356 e. The minimum atomic E-state index is -0.246. The highest BCUT2D eigenvalue weighted by atomic mass is 16.3. The number of rotatable bonds is 1. The van der Waals surface area contributed by atoms with Crippen molar-refractivity contribution in [1.82, 2.24) is 4.90 Å². The third-order valence-electron chi connectivity index (χ3n) is 3.09. The zero-order valence-electron chi connectivity index (χ0n) is 8.66. The van der Waals surface area contributed by atoms with Gasteiger partial charge in [0.1, 0.15) is 0 Å². The average molecular weight is 197 g/mol. The van der Waals surface area contributed by atoms with Crippen molar-refractivity contribution in [3.8, 4) is 0 Å². The second-order valence-corrected chi connectivity index (χ2v) is 4.44. The van der Waals surface area contributed by atoms with E-state index in [-0.39, 0.29) is 29.8 Å². The lowest BCUT2D eigenvalue weighted by atomic mass is 10.0. The number of fused-ring (bicyclic) bond motifs is 1. The van der Waals surface area contributed by atoms with Gasteiger partial charge in [0, 0.05) is 12.5 Å². The molecule has 2 unspecified atom stereocenters. The van der Waals surface area contributed by atoms with Crippen LogP contribution in [0.25, 0.3) is 0 Å². The van der Waals surface area contributed by atoms with Crippen molar-refractivity contribution < 1.29 is 14.9 Å². The first-order valence-electron chi connectivity index (χ1n) is 5.24. The summed E-state index contributed by atoms with van der Waals surface area (Å²) in [5, 5.41) is 9.73. The van der Waals surface area contributed by atoms with Crippen LogP contribution >= 0.6 is 0 Å². The van der Waals surface area contributed by atoms with Crippen molar-refractivity contribution in [1.29, 1.82) is 0 Å². The van der Waals surface area contributed by atoms with Crippen molar-refractivity contribution in [2.75, 3.05) is 6.54 Å². The van der Waals surface area contributed by atoms with Crippen molar-refractivity contribution in [3.63, 3.8) is 0 Å². The lowest BCUT2D eigenvalue weighted by molar-refractivity contribution is -0.513. The first-order valence-corrected chi connectivity index (χ1v) is 5.24. The van der Waals surface area contributed by atoms with Gasteiger partial charge in [-0.1, -0.05) is 13.8 Å². The summed E-state index contributed by atoms with van der Waals surface area (Å²) in [6.45, 7) is 4.76. The normalized spacial score (nSPS) is 32.1. The zero-order chi connectivity index (χ0) is 10.3. The number of carbonyl (C=O) groups excluding carboxylic acids is 1. The molecule has 0 radical (unpaired) electrons. The molecule has 2 atom stereocenters. The van der Waals surface area contributed by atoms with Crippen molar-refractivity contribution in [3.05, 3.63) is 0 Å². The van der Waals surface area contributed by atoms with Gasteiger partial charge in [-0.2, -0.15) is 0 Å². The summed E-state index contributed by atoms with van der Waals surface area (Å²) in [4.78, 5) is 16.7. The fourth-order valence-electron chi connectivity index (χ4n) is 2.26. The van der Waals surface area contributed by atoms with Crippen LogP contribution in [0.4, 0.5) is 0 Å². The molecule has 2 rings (SSSR count). The minimum Gasteiger partial charge on any atom is -0.462 e. The summed E-state index contributed by atoms with van der Waals surface area (Å²) < 4.78 is 0. The third kappa shape index (κ3) is 1.29. The Balaban J connectivity index is 2.29. The summed E-state index contributed by atoms with van der Waals surface area (Å²) in [6.07, 6.45) is 1.88. The Kier molecular flexibility index (Phi) is 2.21. The molecule has 4 nitrogen and oxygen atoms in total. The monoisotopic (exact) mass is 197 g/mol. The van der Waals surface area contributed by atoms with Crippen LogP contribution in [0, 0.1) is 5.92 Å². The molecule has 1 amide bonds. The molecule has 14 heavy (non-hydrogen) atoms. The van der Waals surface area contributed by atoms with Crippen molar-refractivity contribution in [2.24, 2.45) is 5.92 Å². The minimum absolute atomic E-state index is 0.0718. The Morgan fingerprint density at radius 2 is 2.29 bits per heavy atom. The SMILES string of the molecule is CC(C)C1[NH+]=C(O)C2CCCN2C1=O. The van der Waals surface area contributed by atoms with Crippen LogP contribution in [0.2, 0.25) is 0 Å². The second-order valence-electron chi connectivity index (χ2n) is 4.44. The van der Waals surface area contributed by atoms with Crippen molar-refractivity contribution in [2.45, 2.75) is 38.8 Å². The summed E-state index contributed by atoms with van der Waals surface area (Å²) in [5.41, 5.74) is 0. The zero-order valence-corrected chi connectivity index (χ0v) is 8.66. The predicted octanol–water partition coefficient (Wildman–Crippen LogP) is -0.947. The molecule has 0 saturated carbocycles. The topological polar surface area (TPSA) is 54.5 Å². The van der Waals surface area contributed by atoms with E-state index in [0.29, 0.717) is 0 Å². The van der Waals surface area contributed by atoms with Gasteiger partial charge in [0.25, 0.3) is 5.91 Å². The van der Waals surface area contributed by atoms with E-state index in [1.54, 1.807) is 4.90 Å². The van der Waals surface area contributed by atoms with Crippen LogP contribution in [0.15, 0.2) is 0 Å². The molecule has 2 aliphatic rings. The summed E-state index contributed by atoms with van der Waals surface area (Å²) in [5.74, 6) is 0.632. The number of hydrogen-bond acceptors (Lipinski definition) is 1. The van der Waals surface area contributed by atoms with Gasteiger partial charge in [0.05, 0.1) is 0 Å². The largest absolute Gasteiger partial charge is 0.462 e. The molecule has 4 heteroatoms. The smallest absolute Gasteiger partial charge is 0.356 e. The van der Waals surface area contributed by atoms with Crippen molar-refractivity contribution >= 4 is 11.8 Å². The number of carbonyl (C=O) groups is 1. The van der Waals surface area contributed by atoms with E-state index < -0.39 is 0 Å². The van der Waals surface area contributed by atoms with E-state index >= 15 is 0 Å². The summed E-state index contributed by atoms with van der Waals surface area (Å²) in [6, 6.07) is -0.318. The number of nitrogens with zero attached hydrogens (tertiary/aromatic N) is 1. The van der Waals surface area contributed by atoms with Gasteiger partial charge in [0.15, 0.2) is 6.04 Å². The Morgan fingerprint density at radius 3 is 2.93 bits per heavy atom. The van der Waals surface area contributed by atoms with E-state index in [0.717, 1.165) is 19.4 Å². The Morgan fingerprint density at radius 1 is 1.57 bits per heavy atom. The molecular formula is C10H17N2O2+. The number of aliphatic hydroxyl groups is 1. The quantitative estimate of drug-likeness (QED) is 0.569. The average Bonchev–Trinajstić information content (AvgIpc) is 2.59. The van der Waals surface area contributed by atoms with Crippen LogP contribution in [-0.4, -0.2) is 40.4 Å². The first kappa shape index (κ1) is 9.49. The lowest BCUT2D eigenvalue weighted by Gasteiger charge is -2.28. The van der Waals surface area contributed by atoms with Crippen LogP contribution < -0.4 is 4.99 Å². The van der Waals surface area contributed by atoms with Gasteiger partial charge in [0.2, 0.25) is 6.04 Å². The third-order valence-corrected chi connectivity index (χ3v) is 3.09. The Bertz CT molecular complexity index is 286. The fourth-order valence-corrected chi connectivity index (χ4v) is 2.26. The van der Waals surface area contributed by atoms with Gasteiger partial charge >= 0.3 is 5.90 Å². The lowest BCUT2D eigenvalue weighted by Crippen LogP contribution is -2.90. The maximum atomic E-state index is 11.9. The van der Waals surface area contributed by atoms with Crippen LogP contribution in [-0.2, 0) is 4.79 Å². The molecule has 0 bridgehead atoms. The molecule has 2 N–H and O–H groups in total. The highest BCUT2D eigenvalue weighted by Gasteiger charge is 2.46. The molecule has 1 saturated heterocycles. The van der Waals surface area contributed by atoms with Gasteiger partial charge in [-0.3, -0.25) is 4.79 Å². The van der Waals surface area contributed by atoms with Crippen LogP contribution in [0.3, 0.4) is 0 Å². The number of nitrogens with one attached hydrogen (secondary N) is 1. The van der Waals surface area contributed by atoms with Gasteiger partial charge in [-0.15, -0.1) is 0 Å². The highest BCUT2D eigenvalue weighted by molar-refractivity contribution is 5.90. The standard InChI is InChI=1S/C10H16N2O2/c1-6(2)8-10(14)12-5-3-4-7(12)9(13)11-8/h6-8H,3-5H2,1-2H3,(H,11,13)/p+1. The van der Waals surface area contributed by atoms with E-state index in [4.69, 9.17) is 0 Å². The molecule has 0 spiro atoms. The molecule has 1 fully saturated rings. The Labute approximate surface area is 83.6 Å². The molecule has 0 aromatic heterocycles. The first-order chi connectivity index (χ1) is 6.61. The molecule has 0 aliphatic carbocycles. The van der Waals surface area contributed by atoms with Gasteiger partial charge in [-0.05, 0) is 12.8 Å². The molecule has 0 aromatic carbocycles. The fraction of sp³-hybridized carbons (Fsp3) is 0.800. The summed E-state index contributed by atoms with van der Waals surface area (Å²) in [7, 11) is 0. The number of hydrogen-bond donors (Lipinski definition) is 2. The van der Waals surface area contributed by atoms with Crippen LogP contribution in [0.1, 0.15) is 26.7 Å². The van der Waals surface area contributed by atoms with Gasteiger partial charge < -0.3 is 10.0 Å². The summed E-state index contributed by atoms with van der Waals surface area (Å²) >= 11 is 0. The van der Waals surface area contributed by atoms with Gasteiger partial charge in [-0.25, -0.2) is 4.99 Å². The van der Waals surface area contributed by atoms with E-state index in [2.05, 4.69) is 4.99 Å². The molecule has 78 valence electrons. The maximum absolute atomic E-state index is 11.9. The molecule has 2 heterocycles. The molecule has 2 aliphatic heterocycles. The van der Waals surface area contributed by atoms with Crippen LogP contribution in [0.5, 0.6) is 0 Å². The molecular weight excluding hydrogens is 180 g/mol. The molecule has 0 aromatic rings. The number of aliphatic hydroxyl groups excluding tert-OH is 1.